The number of carbonyl (C=O) groups excluding carboxylic acids is 1. The number of aromatic nitrogens is 1. The molecule has 8 nitrogen and oxygen atoms in total. The summed E-state index contributed by atoms with van der Waals surface area (Å²) < 4.78 is 24.9. The number of methoxy groups -OCH3 is 2. The minimum absolute atomic E-state index is 0.225. The highest BCUT2D eigenvalue weighted by molar-refractivity contribution is 6.04. The molecule has 0 saturated carbocycles. The van der Waals surface area contributed by atoms with E-state index in [9.17, 15) is 14.7 Å². The standard InChI is InChI=1S/C34H31NO7/c1-34(2)33(41-27(36)15-12-19-10-13-22(39-4)14-11-19)32(38)29-26(42-34)18-25(40-5)28-30(29)35(3)24-17-21-9-7-6-8-20(21)16-23(24)31(28)37/h6-18,32-33,38H,1-5H3/t32-,33-/m0/s1. The molecule has 0 bridgehead atoms. The second-order valence-corrected chi connectivity index (χ2v) is 10.9. The van der Waals surface area contributed by atoms with Crippen molar-refractivity contribution in [1.29, 1.82) is 0 Å². The fraction of sp³-hybridized carbons (Fsp3) is 0.235. The maximum Gasteiger partial charge on any atom is 0.331 e. The van der Waals surface area contributed by atoms with Gasteiger partial charge in [0, 0.05) is 24.6 Å². The highest BCUT2D eigenvalue weighted by atomic mass is 16.6. The molecule has 0 saturated heterocycles. The number of pyridine rings is 1. The molecule has 5 aromatic rings. The highest BCUT2D eigenvalue weighted by Crippen LogP contribution is 2.47. The van der Waals surface area contributed by atoms with Crippen molar-refractivity contribution in [3.8, 4) is 17.2 Å². The van der Waals surface area contributed by atoms with Crippen LogP contribution in [0.3, 0.4) is 0 Å². The molecule has 42 heavy (non-hydrogen) atoms. The number of benzene rings is 4. The lowest BCUT2D eigenvalue weighted by Gasteiger charge is -2.42. The fourth-order valence-electron chi connectivity index (χ4n) is 5.80. The van der Waals surface area contributed by atoms with Crippen LogP contribution in [0.4, 0.5) is 0 Å². The van der Waals surface area contributed by atoms with E-state index >= 15 is 0 Å². The van der Waals surface area contributed by atoms with Gasteiger partial charge in [0.15, 0.2) is 6.10 Å². The quantitative estimate of drug-likeness (QED) is 0.166. The van der Waals surface area contributed by atoms with E-state index in [0.717, 1.165) is 16.3 Å². The van der Waals surface area contributed by atoms with Crippen molar-refractivity contribution in [2.75, 3.05) is 14.2 Å². The number of esters is 1. The molecule has 0 amide bonds. The summed E-state index contributed by atoms with van der Waals surface area (Å²) in [4.78, 5) is 26.9. The van der Waals surface area contributed by atoms with Gasteiger partial charge in [0.1, 0.15) is 29.0 Å². The molecule has 0 radical (unpaired) electrons. The Balaban J connectivity index is 1.47. The van der Waals surface area contributed by atoms with Crippen LogP contribution < -0.4 is 19.6 Å². The third kappa shape index (κ3) is 4.44. The Morgan fingerprint density at radius 2 is 1.69 bits per heavy atom. The molecule has 1 aliphatic heterocycles. The first-order valence-electron chi connectivity index (χ1n) is 13.6. The summed E-state index contributed by atoms with van der Waals surface area (Å²) in [7, 11) is 4.92. The van der Waals surface area contributed by atoms with Crippen LogP contribution in [-0.2, 0) is 16.6 Å². The topological polar surface area (TPSA) is 96.2 Å². The largest absolute Gasteiger partial charge is 0.497 e. The van der Waals surface area contributed by atoms with E-state index in [1.807, 2.05) is 60.1 Å². The second-order valence-electron chi connectivity index (χ2n) is 10.9. The molecule has 1 N–H and O–H groups in total. The van der Waals surface area contributed by atoms with Crippen molar-refractivity contribution in [3.63, 3.8) is 0 Å². The number of rotatable bonds is 5. The first-order chi connectivity index (χ1) is 20.1. The Morgan fingerprint density at radius 3 is 2.36 bits per heavy atom. The van der Waals surface area contributed by atoms with E-state index in [-0.39, 0.29) is 5.43 Å². The Hall–Kier alpha value is -4.82. The molecule has 214 valence electrons. The molecular weight excluding hydrogens is 534 g/mol. The number of aryl methyl sites for hydroxylation is 1. The lowest BCUT2D eigenvalue weighted by molar-refractivity contribution is -0.171. The van der Waals surface area contributed by atoms with E-state index in [2.05, 4.69) is 0 Å². The average Bonchev–Trinajstić information content (AvgIpc) is 2.99. The second kappa shape index (κ2) is 10.2. The Bertz CT molecular complexity index is 1950. The number of aliphatic hydroxyl groups is 1. The summed E-state index contributed by atoms with van der Waals surface area (Å²) in [5, 5.41) is 14.6. The van der Waals surface area contributed by atoms with Crippen molar-refractivity contribution < 1.29 is 28.8 Å². The Morgan fingerprint density at radius 1 is 1.00 bits per heavy atom. The van der Waals surface area contributed by atoms with E-state index in [4.69, 9.17) is 18.9 Å². The van der Waals surface area contributed by atoms with Gasteiger partial charge in [0.25, 0.3) is 0 Å². The minimum atomic E-state index is -1.29. The Labute approximate surface area is 242 Å². The van der Waals surface area contributed by atoms with Gasteiger partial charge in [-0.3, -0.25) is 4.79 Å². The van der Waals surface area contributed by atoms with E-state index < -0.39 is 23.8 Å². The number of hydrogen-bond acceptors (Lipinski definition) is 7. The van der Waals surface area contributed by atoms with Gasteiger partial charge in [-0.1, -0.05) is 36.4 Å². The highest BCUT2D eigenvalue weighted by Gasteiger charge is 2.47. The third-order valence-corrected chi connectivity index (χ3v) is 7.93. The van der Waals surface area contributed by atoms with Gasteiger partial charge < -0.3 is 28.6 Å². The summed E-state index contributed by atoms with van der Waals surface area (Å²) >= 11 is 0. The number of hydrogen-bond donors (Lipinski definition) is 1. The zero-order valence-corrected chi connectivity index (χ0v) is 24.0. The van der Waals surface area contributed by atoms with Gasteiger partial charge >= 0.3 is 5.97 Å². The molecule has 2 atom stereocenters. The van der Waals surface area contributed by atoms with E-state index in [1.165, 1.54) is 13.2 Å². The molecule has 4 aromatic carbocycles. The van der Waals surface area contributed by atoms with Crippen molar-refractivity contribution >= 4 is 44.6 Å². The summed E-state index contributed by atoms with van der Waals surface area (Å²) in [5.41, 5.74) is 0.962. The molecule has 0 unspecified atom stereocenters. The lowest BCUT2D eigenvalue weighted by atomic mass is 9.86. The van der Waals surface area contributed by atoms with Gasteiger partial charge in [-0.15, -0.1) is 0 Å². The molecule has 0 aliphatic carbocycles. The van der Waals surface area contributed by atoms with Gasteiger partial charge in [0.05, 0.1) is 36.2 Å². The number of nitrogens with zero attached hydrogens (tertiary/aromatic N) is 1. The summed E-state index contributed by atoms with van der Waals surface area (Å²) in [6.45, 7) is 3.49. The lowest BCUT2D eigenvalue weighted by Crippen LogP contribution is -2.51. The van der Waals surface area contributed by atoms with E-state index in [1.54, 1.807) is 45.2 Å². The van der Waals surface area contributed by atoms with Gasteiger partial charge in [0.2, 0.25) is 5.43 Å². The predicted molar refractivity (Wildman–Crippen MR) is 162 cm³/mol. The van der Waals surface area contributed by atoms with Crippen LogP contribution in [0, 0.1) is 0 Å². The van der Waals surface area contributed by atoms with Gasteiger partial charge in [-0.05, 0) is 60.5 Å². The number of aliphatic hydroxyl groups excluding tert-OH is 1. The van der Waals surface area contributed by atoms with Crippen molar-refractivity contribution in [3.05, 3.63) is 94.2 Å². The summed E-state index contributed by atoms with van der Waals surface area (Å²) in [6.07, 6.45) is 0.566. The van der Waals surface area contributed by atoms with Crippen LogP contribution >= 0.6 is 0 Å². The SMILES string of the molecule is COc1ccc(C=CC(=O)O[C@H]2[C@@H](O)c3c(cc(OC)c4c(=O)c5cc6ccccc6cc5n(C)c34)OC2(C)C)cc1. The van der Waals surface area contributed by atoms with Crippen molar-refractivity contribution in [2.24, 2.45) is 7.05 Å². The number of ether oxygens (including phenoxy) is 4. The minimum Gasteiger partial charge on any atom is -0.497 e. The zero-order chi connectivity index (χ0) is 29.8. The molecule has 1 aromatic heterocycles. The van der Waals surface area contributed by atoms with Crippen LogP contribution in [0.2, 0.25) is 0 Å². The molecular formula is C34H31NO7. The number of fused-ring (bicyclic) bond motifs is 5. The van der Waals surface area contributed by atoms with Crippen LogP contribution in [0.5, 0.6) is 17.2 Å². The average molecular weight is 566 g/mol. The maximum atomic E-state index is 14.0. The summed E-state index contributed by atoms with van der Waals surface area (Å²) in [5.74, 6) is 0.754. The van der Waals surface area contributed by atoms with Crippen LogP contribution in [-0.4, -0.2) is 41.6 Å². The smallest absolute Gasteiger partial charge is 0.331 e. The monoisotopic (exact) mass is 565 g/mol. The van der Waals surface area contributed by atoms with Crippen LogP contribution in [0.25, 0.3) is 38.7 Å². The predicted octanol–water partition coefficient (Wildman–Crippen LogP) is 5.69. The van der Waals surface area contributed by atoms with E-state index in [0.29, 0.717) is 44.6 Å². The van der Waals surface area contributed by atoms with Crippen molar-refractivity contribution in [1.82, 2.24) is 4.57 Å². The molecule has 0 fully saturated rings. The van der Waals surface area contributed by atoms with Crippen molar-refractivity contribution in [2.45, 2.75) is 31.7 Å². The molecule has 2 heterocycles. The normalized spacial score (nSPS) is 17.8. The molecule has 0 spiro atoms. The van der Waals surface area contributed by atoms with Gasteiger partial charge in [-0.25, -0.2) is 4.79 Å². The third-order valence-electron chi connectivity index (χ3n) is 7.93. The first-order valence-corrected chi connectivity index (χ1v) is 13.6. The maximum absolute atomic E-state index is 14.0. The van der Waals surface area contributed by atoms with Gasteiger partial charge in [-0.2, -0.15) is 0 Å². The molecule has 6 rings (SSSR count). The van der Waals surface area contributed by atoms with Crippen LogP contribution in [0.1, 0.15) is 31.1 Å². The molecule has 1 aliphatic rings. The number of carbonyl (C=O) groups is 1. The zero-order valence-electron chi connectivity index (χ0n) is 24.0. The summed E-state index contributed by atoms with van der Waals surface area (Å²) in [6, 6.07) is 20.5. The molecule has 8 heteroatoms. The Kier molecular flexibility index (Phi) is 6.66. The fourth-order valence-corrected chi connectivity index (χ4v) is 5.80. The first kappa shape index (κ1) is 27.4. The van der Waals surface area contributed by atoms with Crippen LogP contribution in [0.15, 0.2) is 77.6 Å².